The molecule has 0 aliphatic carbocycles. The standard InChI is InChI=1S/C12H10FNOS2.CH4O/c1-14(16)10-6-11(17-12(10)7-15)8-2-4-9(13)5-3-8;1-2/h2-7,16H,1H3;2H,1H3. The molecule has 0 aliphatic rings. The number of hydrogen-bond acceptors (Lipinski definition) is 5. The highest BCUT2D eigenvalue weighted by Gasteiger charge is 2.11. The van der Waals surface area contributed by atoms with E-state index >= 15 is 0 Å². The topological polar surface area (TPSA) is 40.5 Å². The number of carbonyl (C=O) groups excluding carboxylic acids is 1. The zero-order valence-corrected chi connectivity index (χ0v) is 12.2. The third kappa shape index (κ3) is 3.79. The molecule has 2 rings (SSSR count). The zero-order chi connectivity index (χ0) is 14.4. The summed E-state index contributed by atoms with van der Waals surface area (Å²) in [7, 11) is 2.76. The summed E-state index contributed by atoms with van der Waals surface area (Å²) in [6.45, 7) is 0. The molecular formula is C13H14FNO2S2. The molecule has 3 nitrogen and oxygen atoms in total. The first-order valence-corrected chi connectivity index (χ1v) is 6.55. The van der Waals surface area contributed by atoms with E-state index in [4.69, 9.17) is 5.11 Å². The minimum Gasteiger partial charge on any atom is -0.400 e. The number of thiophene rings is 1. The Balaban J connectivity index is 0.000000861. The third-order valence-electron chi connectivity index (χ3n) is 2.32. The molecule has 2 aromatic rings. The van der Waals surface area contributed by atoms with E-state index in [0.717, 1.165) is 29.5 Å². The predicted octanol–water partition coefficient (Wildman–Crippen LogP) is 3.26. The minimum absolute atomic E-state index is 0.271. The summed E-state index contributed by atoms with van der Waals surface area (Å²) in [6.07, 6.45) is 0.805. The van der Waals surface area contributed by atoms with E-state index in [9.17, 15) is 9.18 Å². The average Bonchev–Trinajstić information content (AvgIpc) is 2.86. The Labute approximate surface area is 120 Å². The van der Waals surface area contributed by atoms with Crippen LogP contribution in [0.4, 0.5) is 10.1 Å². The summed E-state index contributed by atoms with van der Waals surface area (Å²) in [4.78, 5) is 12.5. The van der Waals surface area contributed by atoms with Crippen molar-refractivity contribution in [3.63, 3.8) is 0 Å². The van der Waals surface area contributed by atoms with Crippen molar-refractivity contribution in [3.8, 4) is 10.4 Å². The van der Waals surface area contributed by atoms with Crippen LogP contribution in [-0.4, -0.2) is 25.6 Å². The van der Waals surface area contributed by atoms with Crippen LogP contribution < -0.4 is 4.31 Å². The van der Waals surface area contributed by atoms with Gasteiger partial charge in [0.05, 0.1) is 10.6 Å². The van der Waals surface area contributed by atoms with Crippen molar-refractivity contribution < 1.29 is 14.3 Å². The molecule has 0 atom stereocenters. The molecule has 0 amide bonds. The van der Waals surface area contributed by atoms with Crippen molar-refractivity contribution in [1.29, 1.82) is 0 Å². The number of thiol groups is 1. The fourth-order valence-corrected chi connectivity index (χ4v) is 2.73. The average molecular weight is 299 g/mol. The van der Waals surface area contributed by atoms with Gasteiger partial charge >= 0.3 is 0 Å². The molecule has 1 aromatic heterocycles. The monoisotopic (exact) mass is 299 g/mol. The highest BCUT2D eigenvalue weighted by Crippen LogP contribution is 2.35. The molecule has 102 valence electrons. The molecule has 0 unspecified atom stereocenters. The number of benzene rings is 1. The first kappa shape index (κ1) is 15.7. The fourth-order valence-electron chi connectivity index (χ4n) is 1.49. The second-order valence-electron chi connectivity index (χ2n) is 3.51. The van der Waals surface area contributed by atoms with Gasteiger partial charge in [0.15, 0.2) is 6.29 Å². The first-order valence-electron chi connectivity index (χ1n) is 5.34. The van der Waals surface area contributed by atoms with Gasteiger partial charge in [0.25, 0.3) is 0 Å². The van der Waals surface area contributed by atoms with Crippen molar-refractivity contribution in [2.45, 2.75) is 0 Å². The van der Waals surface area contributed by atoms with Crippen molar-refractivity contribution in [3.05, 3.63) is 41.0 Å². The van der Waals surface area contributed by atoms with Gasteiger partial charge in [0, 0.05) is 19.0 Å². The van der Waals surface area contributed by atoms with Crippen LogP contribution in [0.2, 0.25) is 0 Å². The summed E-state index contributed by atoms with van der Waals surface area (Å²) >= 11 is 5.54. The van der Waals surface area contributed by atoms with Gasteiger partial charge in [0.2, 0.25) is 0 Å². The van der Waals surface area contributed by atoms with Crippen LogP contribution in [0.15, 0.2) is 30.3 Å². The number of aliphatic hydroxyl groups excluding tert-OH is 1. The van der Waals surface area contributed by atoms with E-state index in [1.165, 1.54) is 23.5 Å². The summed E-state index contributed by atoms with van der Waals surface area (Å²) < 4.78 is 14.4. The second-order valence-corrected chi connectivity index (χ2v) is 5.19. The molecule has 6 heteroatoms. The maximum absolute atomic E-state index is 12.8. The highest BCUT2D eigenvalue weighted by atomic mass is 32.1. The highest BCUT2D eigenvalue weighted by molar-refractivity contribution is 7.81. The smallest absolute Gasteiger partial charge is 0.162 e. The molecule has 1 N–H and O–H groups in total. The summed E-state index contributed by atoms with van der Waals surface area (Å²) in [5, 5.41) is 7.00. The predicted molar refractivity (Wildman–Crippen MR) is 80.6 cm³/mol. The van der Waals surface area contributed by atoms with Gasteiger partial charge < -0.3 is 9.41 Å². The number of aldehydes is 1. The van der Waals surface area contributed by atoms with E-state index in [2.05, 4.69) is 12.8 Å². The Morgan fingerprint density at radius 3 is 2.32 bits per heavy atom. The Morgan fingerprint density at radius 1 is 1.32 bits per heavy atom. The number of anilines is 1. The van der Waals surface area contributed by atoms with Crippen molar-refractivity contribution in [2.75, 3.05) is 18.5 Å². The molecule has 1 heterocycles. The van der Waals surface area contributed by atoms with E-state index in [1.807, 2.05) is 6.07 Å². The molecule has 0 radical (unpaired) electrons. The lowest BCUT2D eigenvalue weighted by atomic mass is 10.2. The molecule has 0 bridgehead atoms. The molecule has 1 aromatic carbocycles. The zero-order valence-electron chi connectivity index (χ0n) is 10.5. The summed E-state index contributed by atoms with van der Waals surface area (Å²) in [5.41, 5.74) is 1.65. The first-order chi connectivity index (χ1) is 9.11. The van der Waals surface area contributed by atoms with Crippen molar-refractivity contribution in [2.24, 2.45) is 0 Å². The van der Waals surface area contributed by atoms with Crippen LogP contribution >= 0.6 is 24.2 Å². The number of rotatable bonds is 3. The van der Waals surface area contributed by atoms with Gasteiger partial charge in [0.1, 0.15) is 5.82 Å². The summed E-state index contributed by atoms with van der Waals surface area (Å²) in [5.74, 6) is -0.271. The van der Waals surface area contributed by atoms with Gasteiger partial charge in [-0.25, -0.2) is 4.39 Å². The lowest BCUT2D eigenvalue weighted by Crippen LogP contribution is -2.00. The maximum Gasteiger partial charge on any atom is 0.162 e. The van der Waals surface area contributed by atoms with Gasteiger partial charge in [-0.1, -0.05) is 24.9 Å². The van der Waals surface area contributed by atoms with Gasteiger partial charge in [-0.15, -0.1) is 11.3 Å². The van der Waals surface area contributed by atoms with Crippen LogP contribution in [0.25, 0.3) is 10.4 Å². The van der Waals surface area contributed by atoms with Crippen LogP contribution in [0, 0.1) is 5.82 Å². The van der Waals surface area contributed by atoms with Crippen LogP contribution in [0.1, 0.15) is 9.67 Å². The quantitative estimate of drug-likeness (QED) is 0.675. The van der Waals surface area contributed by atoms with Gasteiger partial charge in [-0.2, -0.15) is 0 Å². The molecule has 0 spiro atoms. The number of halogens is 1. The Morgan fingerprint density at radius 2 is 1.89 bits per heavy atom. The third-order valence-corrected chi connectivity index (χ3v) is 3.64. The Bertz CT molecular complexity index is 538. The lowest BCUT2D eigenvalue weighted by molar-refractivity contribution is 0.112. The van der Waals surface area contributed by atoms with Crippen molar-refractivity contribution >= 4 is 36.1 Å². The van der Waals surface area contributed by atoms with E-state index < -0.39 is 0 Å². The van der Waals surface area contributed by atoms with Crippen LogP contribution in [0.3, 0.4) is 0 Å². The van der Waals surface area contributed by atoms with Crippen LogP contribution in [0.5, 0.6) is 0 Å². The largest absolute Gasteiger partial charge is 0.400 e. The van der Waals surface area contributed by atoms with Gasteiger partial charge in [-0.05, 0) is 23.8 Å². The number of carbonyl (C=O) groups is 1. The SMILES string of the molecule is CN(S)c1cc(-c2ccc(F)cc2)sc1C=O.CO. The summed E-state index contributed by atoms with van der Waals surface area (Å²) in [6, 6.07) is 8.06. The van der Waals surface area contributed by atoms with E-state index in [1.54, 1.807) is 23.5 Å². The van der Waals surface area contributed by atoms with E-state index in [-0.39, 0.29) is 5.82 Å². The molecule has 0 fully saturated rings. The second kappa shape index (κ2) is 7.28. The molecule has 19 heavy (non-hydrogen) atoms. The van der Waals surface area contributed by atoms with Gasteiger partial charge in [-0.3, -0.25) is 4.79 Å². The maximum atomic E-state index is 12.8. The van der Waals surface area contributed by atoms with E-state index in [0.29, 0.717) is 4.88 Å². The molecular weight excluding hydrogens is 285 g/mol. The molecule has 0 aliphatic heterocycles. The number of nitrogens with zero attached hydrogens (tertiary/aromatic N) is 1. The number of hydrogen-bond donors (Lipinski definition) is 2. The fraction of sp³-hybridized carbons (Fsp3) is 0.154. The Hall–Kier alpha value is -1.37. The Kier molecular flexibility index (Phi) is 6.01. The molecule has 0 saturated carbocycles. The minimum atomic E-state index is -0.271. The lowest BCUT2D eigenvalue weighted by Gasteiger charge is -2.07. The molecule has 0 saturated heterocycles. The number of aliphatic hydroxyl groups is 1. The van der Waals surface area contributed by atoms with Crippen molar-refractivity contribution in [1.82, 2.24) is 0 Å². The normalized spacial score (nSPS) is 9.53. The van der Waals surface area contributed by atoms with Crippen LogP contribution in [-0.2, 0) is 0 Å².